The quantitative estimate of drug-likeness (QED) is 0.780. The number of hydrogen-bond donors (Lipinski definition) is 3. The molecule has 102 valence electrons. The fraction of sp³-hybridized carbons (Fsp3) is 0.357. The Bertz CT molecular complexity index is 623. The number of nitrogens with zero attached hydrogens (tertiary/aromatic N) is 1. The van der Waals surface area contributed by atoms with Gasteiger partial charge in [-0.05, 0) is 32.0 Å². The van der Waals surface area contributed by atoms with Gasteiger partial charge in [-0.25, -0.2) is 0 Å². The van der Waals surface area contributed by atoms with Crippen molar-refractivity contribution in [3.05, 3.63) is 30.0 Å². The number of amides is 1. The molecule has 1 aromatic carbocycles. The van der Waals surface area contributed by atoms with Crippen LogP contribution in [-0.2, 0) is 7.05 Å². The smallest absolute Gasteiger partial charge is 0.267 e. The zero-order chi connectivity index (χ0) is 14.2. The van der Waals surface area contributed by atoms with Gasteiger partial charge in [-0.15, -0.1) is 0 Å². The minimum Gasteiger partial charge on any atom is -0.507 e. The predicted molar refractivity (Wildman–Crippen MR) is 75.2 cm³/mol. The first-order chi connectivity index (χ1) is 8.79. The van der Waals surface area contributed by atoms with Gasteiger partial charge in [0.1, 0.15) is 11.4 Å². The van der Waals surface area contributed by atoms with Gasteiger partial charge in [-0.3, -0.25) is 4.79 Å². The zero-order valence-corrected chi connectivity index (χ0v) is 11.4. The van der Waals surface area contributed by atoms with Gasteiger partial charge in [-0.2, -0.15) is 0 Å². The first-order valence-corrected chi connectivity index (χ1v) is 6.14. The van der Waals surface area contributed by atoms with E-state index in [2.05, 4.69) is 5.32 Å². The Morgan fingerprint density at radius 3 is 2.74 bits per heavy atom. The maximum Gasteiger partial charge on any atom is 0.267 e. The number of aromatic hydroxyl groups is 1. The topological polar surface area (TPSA) is 80.3 Å². The lowest BCUT2D eigenvalue weighted by molar-refractivity contribution is 0.0938. The molecular formula is C14H19N3O2. The van der Waals surface area contributed by atoms with Crippen LogP contribution in [0.2, 0.25) is 0 Å². The molecule has 0 bridgehead atoms. The number of aromatic nitrogens is 1. The second-order valence-corrected chi connectivity index (χ2v) is 5.47. The van der Waals surface area contributed by atoms with E-state index in [1.807, 2.05) is 19.9 Å². The average Bonchev–Trinajstić information content (AvgIpc) is 2.65. The largest absolute Gasteiger partial charge is 0.507 e. The molecule has 0 spiro atoms. The normalized spacial score (nSPS) is 11.8. The molecule has 0 saturated heterocycles. The highest BCUT2D eigenvalue weighted by atomic mass is 16.3. The molecule has 1 heterocycles. The number of phenolic OH excluding ortho intramolecular Hbond substituents is 1. The summed E-state index contributed by atoms with van der Waals surface area (Å²) in [6.45, 7) is 4.08. The van der Waals surface area contributed by atoms with Crippen molar-refractivity contribution < 1.29 is 9.90 Å². The SMILES string of the molecule is Cn1c(C(=O)NCC(C)(C)N)cc2c(O)cccc21. The molecule has 1 aromatic heterocycles. The van der Waals surface area contributed by atoms with Crippen LogP contribution < -0.4 is 11.1 Å². The molecule has 0 unspecified atom stereocenters. The number of carbonyl (C=O) groups excluding carboxylic acids is 1. The molecule has 0 aliphatic heterocycles. The third kappa shape index (κ3) is 2.71. The summed E-state index contributed by atoms with van der Waals surface area (Å²) in [5, 5.41) is 13.2. The summed E-state index contributed by atoms with van der Waals surface area (Å²) in [4.78, 5) is 12.1. The predicted octanol–water partition coefficient (Wildman–Crippen LogP) is 1.35. The van der Waals surface area contributed by atoms with Gasteiger partial charge < -0.3 is 20.7 Å². The summed E-state index contributed by atoms with van der Waals surface area (Å²) in [6.07, 6.45) is 0. The number of aryl methyl sites for hydroxylation is 1. The van der Waals surface area contributed by atoms with Gasteiger partial charge >= 0.3 is 0 Å². The Morgan fingerprint density at radius 1 is 1.47 bits per heavy atom. The Hall–Kier alpha value is -2.01. The van der Waals surface area contributed by atoms with Crippen molar-refractivity contribution >= 4 is 16.8 Å². The monoisotopic (exact) mass is 261 g/mol. The van der Waals surface area contributed by atoms with Crippen LogP contribution in [0, 0.1) is 0 Å². The number of nitrogens with one attached hydrogen (secondary N) is 1. The van der Waals surface area contributed by atoms with Gasteiger partial charge in [0, 0.05) is 24.5 Å². The molecule has 5 heteroatoms. The van der Waals surface area contributed by atoms with E-state index in [1.54, 1.807) is 29.8 Å². The molecule has 19 heavy (non-hydrogen) atoms. The summed E-state index contributed by atoms with van der Waals surface area (Å²) < 4.78 is 1.76. The van der Waals surface area contributed by atoms with Gasteiger partial charge in [0.25, 0.3) is 5.91 Å². The van der Waals surface area contributed by atoms with Gasteiger partial charge in [0.15, 0.2) is 0 Å². The molecule has 4 N–H and O–H groups in total. The van der Waals surface area contributed by atoms with Crippen molar-refractivity contribution in [1.82, 2.24) is 9.88 Å². The lowest BCUT2D eigenvalue weighted by atomic mass is 10.1. The molecule has 2 aromatic rings. The van der Waals surface area contributed by atoms with Crippen LogP contribution in [0.4, 0.5) is 0 Å². The zero-order valence-electron chi connectivity index (χ0n) is 11.4. The Kier molecular flexibility index (Phi) is 3.24. The molecule has 0 atom stereocenters. The van der Waals surface area contributed by atoms with Gasteiger partial charge in [0.2, 0.25) is 0 Å². The van der Waals surface area contributed by atoms with Crippen LogP contribution in [0.3, 0.4) is 0 Å². The molecule has 0 radical (unpaired) electrons. The molecular weight excluding hydrogens is 242 g/mol. The standard InChI is InChI=1S/C14H19N3O2/c1-14(2,15)8-16-13(19)11-7-9-10(17(11)3)5-4-6-12(9)18/h4-7,18H,8,15H2,1-3H3,(H,16,19). The maximum absolute atomic E-state index is 12.1. The summed E-state index contributed by atoms with van der Waals surface area (Å²) in [7, 11) is 1.80. The number of carbonyl (C=O) groups is 1. The highest BCUT2D eigenvalue weighted by Gasteiger charge is 2.17. The van der Waals surface area contributed by atoms with Crippen LogP contribution in [-0.4, -0.2) is 27.7 Å². The third-order valence-corrected chi connectivity index (χ3v) is 3.00. The first-order valence-electron chi connectivity index (χ1n) is 6.14. The number of nitrogens with two attached hydrogens (primary N) is 1. The Labute approximate surface area is 112 Å². The van der Waals surface area contributed by atoms with Crippen molar-refractivity contribution in [1.29, 1.82) is 0 Å². The van der Waals surface area contributed by atoms with Crippen LogP contribution in [0.15, 0.2) is 24.3 Å². The van der Waals surface area contributed by atoms with Crippen LogP contribution in [0.5, 0.6) is 5.75 Å². The molecule has 0 fully saturated rings. The van der Waals surface area contributed by atoms with Crippen molar-refractivity contribution in [3.8, 4) is 5.75 Å². The number of phenols is 1. The van der Waals surface area contributed by atoms with Crippen molar-refractivity contribution in [2.45, 2.75) is 19.4 Å². The average molecular weight is 261 g/mol. The van der Waals surface area contributed by atoms with Crippen LogP contribution >= 0.6 is 0 Å². The minimum absolute atomic E-state index is 0.173. The second kappa shape index (κ2) is 4.59. The summed E-state index contributed by atoms with van der Waals surface area (Å²) in [5.74, 6) is -0.0251. The van der Waals surface area contributed by atoms with E-state index in [9.17, 15) is 9.90 Å². The lowest BCUT2D eigenvalue weighted by Gasteiger charge is -2.18. The maximum atomic E-state index is 12.1. The summed E-state index contributed by atoms with van der Waals surface area (Å²) in [6, 6.07) is 6.90. The molecule has 0 aliphatic carbocycles. The highest BCUT2D eigenvalue weighted by Crippen LogP contribution is 2.26. The van der Waals surface area contributed by atoms with E-state index >= 15 is 0 Å². The first kappa shape index (κ1) is 13.4. The van der Waals surface area contributed by atoms with E-state index in [4.69, 9.17) is 5.73 Å². The van der Waals surface area contributed by atoms with Gasteiger partial charge in [0.05, 0.1) is 5.52 Å². The number of rotatable bonds is 3. The van der Waals surface area contributed by atoms with Crippen molar-refractivity contribution in [2.75, 3.05) is 6.54 Å². The summed E-state index contributed by atoms with van der Waals surface area (Å²) in [5.41, 5.74) is 6.70. The van der Waals surface area contributed by atoms with Crippen LogP contribution in [0.1, 0.15) is 24.3 Å². The number of hydrogen-bond acceptors (Lipinski definition) is 3. The van der Waals surface area contributed by atoms with E-state index in [-0.39, 0.29) is 11.7 Å². The highest BCUT2D eigenvalue weighted by molar-refractivity contribution is 6.00. The molecule has 2 rings (SSSR count). The number of benzene rings is 1. The molecule has 1 amide bonds. The fourth-order valence-corrected chi connectivity index (χ4v) is 1.96. The van der Waals surface area contributed by atoms with E-state index in [0.717, 1.165) is 5.52 Å². The fourth-order valence-electron chi connectivity index (χ4n) is 1.96. The van der Waals surface area contributed by atoms with Crippen molar-refractivity contribution in [2.24, 2.45) is 12.8 Å². The van der Waals surface area contributed by atoms with E-state index in [0.29, 0.717) is 17.6 Å². The molecule has 0 saturated carbocycles. The Balaban J connectivity index is 2.33. The number of fused-ring (bicyclic) bond motifs is 1. The van der Waals surface area contributed by atoms with Gasteiger partial charge in [-0.1, -0.05) is 6.07 Å². The summed E-state index contributed by atoms with van der Waals surface area (Å²) >= 11 is 0. The third-order valence-electron chi connectivity index (χ3n) is 3.00. The second-order valence-electron chi connectivity index (χ2n) is 5.47. The molecule has 0 aliphatic rings. The Morgan fingerprint density at radius 2 is 2.16 bits per heavy atom. The van der Waals surface area contributed by atoms with E-state index < -0.39 is 5.54 Å². The minimum atomic E-state index is -0.456. The van der Waals surface area contributed by atoms with Crippen molar-refractivity contribution in [3.63, 3.8) is 0 Å². The van der Waals surface area contributed by atoms with Crippen LogP contribution in [0.25, 0.3) is 10.9 Å². The van der Waals surface area contributed by atoms with E-state index in [1.165, 1.54) is 0 Å². The molecule has 5 nitrogen and oxygen atoms in total. The lowest BCUT2D eigenvalue weighted by Crippen LogP contribution is -2.45.